The SMILES string of the molecule is FC(F)(F)Cn1ncc2cnc(C3CC3)cc21. The number of fused-ring (bicyclic) bond motifs is 1. The van der Waals surface area contributed by atoms with Crippen molar-refractivity contribution in [2.45, 2.75) is 31.5 Å². The summed E-state index contributed by atoms with van der Waals surface area (Å²) in [6, 6.07) is 1.73. The Morgan fingerprint density at radius 2 is 2.06 bits per heavy atom. The van der Waals surface area contributed by atoms with Crippen molar-refractivity contribution in [2.24, 2.45) is 0 Å². The van der Waals surface area contributed by atoms with Crippen LogP contribution in [-0.2, 0) is 6.54 Å². The van der Waals surface area contributed by atoms with Crippen LogP contribution in [0.1, 0.15) is 24.5 Å². The monoisotopic (exact) mass is 241 g/mol. The maximum atomic E-state index is 12.3. The zero-order chi connectivity index (χ0) is 12.0. The molecule has 0 saturated heterocycles. The normalized spacial score (nSPS) is 16.6. The second-order valence-electron chi connectivity index (χ2n) is 4.36. The number of alkyl halides is 3. The van der Waals surface area contributed by atoms with Gasteiger partial charge in [-0.25, -0.2) is 0 Å². The second-order valence-corrected chi connectivity index (χ2v) is 4.36. The Morgan fingerprint density at radius 1 is 1.29 bits per heavy atom. The number of rotatable bonds is 2. The summed E-state index contributed by atoms with van der Waals surface area (Å²) in [6.45, 7) is -1.05. The van der Waals surface area contributed by atoms with Crippen LogP contribution in [-0.4, -0.2) is 20.9 Å². The lowest BCUT2D eigenvalue weighted by molar-refractivity contribution is -0.141. The van der Waals surface area contributed by atoms with Gasteiger partial charge in [-0.15, -0.1) is 0 Å². The lowest BCUT2D eigenvalue weighted by atomic mass is 10.2. The van der Waals surface area contributed by atoms with Crippen LogP contribution in [0.2, 0.25) is 0 Å². The molecule has 1 aliphatic carbocycles. The van der Waals surface area contributed by atoms with E-state index >= 15 is 0 Å². The van der Waals surface area contributed by atoms with Crippen LogP contribution in [0.3, 0.4) is 0 Å². The molecule has 0 spiro atoms. The minimum absolute atomic E-state index is 0.425. The molecule has 0 aromatic carbocycles. The molecule has 0 bridgehead atoms. The summed E-state index contributed by atoms with van der Waals surface area (Å²) in [6.07, 6.45) is 0.924. The molecule has 2 aromatic heterocycles. The molecule has 6 heteroatoms. The summed E-state index contributed by atoms with van der Waals surface area (Å²) in [7, 11) is 0. The standard InChI is InChI=1S/C11H10F3N3/c12-11(13,14)6-17-10-3-9(7-1-2-7)15-4-8(10)5-16-17/h3-5,7H,1-2,6H2. The Kier molecular flexibility index (Phi) is 2.14. The van der Waals surface area contributed by atoms with Crippen LogP contribution in [0, 0.1) is 0 Å². The first-order valence-corrected chi connectivity index (χ1v) is 5.41. The molecular weight excluding hydrogens is 231 g/mol. The molecule has 3 rings (SSSR count). The molecular formula is C11H10F3N3. The third-order valence-electron chi connectivity index (χ3n) is 2.87. The predicted octanol–water partition coefficient (Wildman–Crippen LogP) is 2.87. The molecule has 3 nitrogen and oxygen atoms in total. The van der Waals surface area contributed by atoms with Crippen molar-refractivity contribution in [3.05, 3.63) is 24.2 Å². The van der Waals surface area contributed by atoms with Crippen LogP contribution in [0.15, 0.2) is 18.5 Å². The van der Waals surface area contributed by atoms with Crippen LogP contribution in [0.4, 0.5) is 13.2 Å². The maximum absolute atomic E-state index is 12.3. The topological polar surface area (TPSA) is 30.7 Å². The largest absolute Gasteiger partial charge is 0.408 e. The molecule has 0 radical (unpaired) electrons. The Labute approximate surface area is 95.3 Å². The van der Waals surface area contributed by atoms with E-state index in [0.717, 1.165) is 23.2 Å². The average Bonchev–Trinajstić information content (AvgIpc) is 3.01. The van der Waals surface area contributed by atoms with Crippen molar-refractivity contribution in [3.63, 3.8) is 0 Å². The number of nitrogens with zero attached hydrogens (tertiary/aromatic N) is 3. The molecule has 1 saturated carbocycles. The first-order chi connectivity index (χ1) is 8.03. The number of hydrogen-bond donors (Lipinski definition) is 0. The summed E-state index contributed by atoms with van der Waals surface area (Å²) < 4.78 is 38.0. The second kappa shape index (κ2) is 3.45. The predicted molar refractivity (Wildman–Crippen MR) is 55.6 cm³/mol. The zero-order valence-electron chi connectivity index (χ0n) is 8.91. The third-order valence-corrected chi connectivity index (χ3v) is 2.87. The fourth-order valence-corrected chi connectivity index (χ4v) is 1.89. The van der Waals surface area contributed by atoms with Gasteiger partial charge in [0.25, 0.3) is 0 Å². The Balaban J connectivity index is 2.03. The molecule has 0 amide bonds. The van der Waals surface area contributed by atoms with Crippen LogP contribution < -0.4 is 0 Å². The van der Waals surface area contributed by atoms with Crippen LogP contribution >= 0.6 is 0 Å². The maximum Gasteiger partial charge on any atom is 0.408 e. The summed E-state index contributed by atoms with van der Waals surface area (Å²) in [5.41, 5.74) is 1.39. The fraction of sp³-hybridized carbons (Fsp3) is 0.455. The Hall–Kier alpha value is -1.59. The van der Waals surface area contributed by atoms with Crippen LogP contribution in [0.25, 0.3) is 10.9 Å². The number of pyridine rings is 1. The van der Waals surface area contributed by atoms with Gasteiger partial charge in [-0.2, -0.15) is 18.3 Å². The van der Waals surface area contributed by atoms with E-state index in [1.807, 2.05) is 0 Å². The van der Waals surface area contributed by atoms with Crippen molar-refractivity contribution in [1.82, 2.24) is 14.8 Å². The smallest absolute Gasteiger partial charge is 0.260 e. The van der Waals surface area contributed by atoms with E-state index in [1.165, 1.54) is 6.20 Å². The van der Waals surface area contributed by atoms with Gasteiger partial charge in [-0.3, -0.25) is 9.67 Å². The summed E-state index contributed by atoms with van der Waals surface area (Å²) in [4.78, 5) is 4.24. The van der Waals surface area contributed by atoms with E-state index in [9.17, 15) is 13.2 Å². The van der Waals surface area contributed by atoms with Gasteiger partial charge in [0.1, 0.15) is 6.54 Å². The molecule has 90 valence electrons. The van der Waals surface area contributed by atoms with Gasteiger partial charge in [-0.1, -0.05) is 0 Å². The molecule has 0 atom stereocenters. The summed E-state index contributed by atoms with van der Waals surface area (Å²) in [5, 5.41) is 4.41. The Morgan fingerprint density at radius 3 is 2.71 bits per heavy atom. The molecule has 17 heavy (non-hydrogen) atoms. The van der Waals surface area contributed by atoms with Gasteiger partial charge < -0.3 is 0 Å². The lowest BCUT2D eigenvalue weighted by Gasteiger charge is -2.07. The van der Waals surface area contributed by atoms with Crippen molar-refractivity contribution >= 4 is 10.9 Å². The average molecular weight is 241 g/mol. The van der Waals surface area contributed by atoms with E-state index in [0.29, 0.717) is 16.8 Å². The highest BCUT2D eigenvalue weighted by Crippen LogP contribution is 2.39. The number of aromatic nitrogens is 3. The summed E-state index contributed by atoms with van der Waals surface area (Å²) >= 11 is 0. The molecule has 0 N–H and O–H groups in total. The lowest BCUT2D eigenvalue weighted by Crippen LogP contribution is -2.18. The first-order valence-electron chi connectivity index (χ1n) is 5.41. The highest BCUT2D eigenvalue weighted by Gasteiger charge is 2.30. The van der Waals surface area contributed by atoms with Crippen molar-refractivity contribution in [1.29, 1.82) is 0 Å². The highest BCUT2D eigenvalue weighted by molar-refractivity contribution is 5.78. The van der Waals surface area contributed by atoms with E-state index in [2.05, 4.69) is 10.1 Å². The first kappa shape index (κ1) is 10.6. The van der Waals surface area contributed by atoms with Crippen molar-refractivity contribution < 1.29 is 13.2 Å². The van der Waals surface area contributed by atoms with Crippen molar-refractivity contribution in [2.75, 3.05) is 0 Å². The third kappa shape index (κ3) is 2.11. The van der Waals surface area contributed by atoms with Crippen molar-refractivity contribution in [3.8, 4) is 0 Å². The molecule has 0 aliphatic heterocycles. The van der Waals surface area contributed by atoms with Gasteiger partial charge in [0.2, 0.25) is 0 Å². The highest BCUT2D eigenvalue weighted by atomic mass is 19.4. The van der Waals surface area contributed by atoms with Gasteiger partial charge in [0.15, 0.2) is 0 Å². The van der Waals surface area contributed by atoms with Crippen LogP contribution in [0.5, 0.6) is 0 Å². The van der Waals surface area contributed by atoms with Gasteiger partial charge in [0.05, 0.1) is 11.7 Å². The molecule has 0 unspecified atom stereocenters. The van der Waals surface area contributed by atoms with E-state index in [1.54, 1.807) is 12.3 Å². The molecule has 2 aromatic rings. The molecule has 1 aliphatic rings. The Bertz CT molecular complexity index is 555. The minimum Gasteiger partial charge on any atom is -0.260 e. The zero-order valence-corrected chi connectivity index (χ0v) is 8.91. The van der Waals surface area contributed by atoms with E-state index in [-0.39, 0.29) is 0 Å². The van der Waals surface area contributed by atoms with E-state index < -0.39 is 12.7 Å². The van der Waals surface area contributed by atoms with Gasteiger partial charge in [0, 0.05) is 23.2 Å². The number of halogens is 3. The number of hydrogen-bond acceptors (Lipinski definition) is 2. The quantitative estimate of drug-likeness (QED) is 0.809. The molecule has 1 fully saturated rings. The van der Waals surface area contributed by atoms with E-state index in [4.69, 9.17) is 0 Å². The fourth-order valence-electron chi connectivity index (χ4n) is 1.89. The van der Waals surface area contributed by atoms with Gasteiger partial charge in [-0.05, 0) is 18.9 Å². The van der Waals surface area contributed by atoms with Gasteiger partial charge >= 0.3 is 6.18 Å². The minimum atomic E-state index is -4.25. The summed E-state index contributed by atoms with van der Waals surface area (Å²) in [5.74, 6) is 0.425. The molecule has 2 heterocycles.